The molecule has 0 aliphatic carbocycles. The summed E-state index contributed by atoms with van der Waals surface area (Å²) in [6.45, 7) is 7.74. The van der Waals surface area contributed by atoms with Crippen molar-refractivity contribution in [2.45, 2.75) is 57.2 Å². The van der Waals surface area contributed by atoms with Gasteiger partial charge in [-0.15, -0.1) is 0 Å². The number of nitrogens with two attached hydrogens (primary N) is 1. The van der Waals surface area contributed by atoms with Crippen molar-refractivity contribution in [3.63, 3.8) is 0 Å². The summed E-state index contributed by atoms with van der Waals surface area (Å²) in [7, 11) is 0. The third-order valence-corrected chi connectivity index (χ3v) is 4.11. The maximum absolute atomic E-state index is 6.19. The third kappa shape index (κ3) is 2.35. The van der Waals surface area contributed by atoms with E-state index in [1.54, 1.807) is 0 Å². The molecule has 0 amide bonds. The Kier molecular flexibility index (Phi) is 3.33. The predicted octanol–water partition coefficient (Wildman–Crippen LogP) is 1.37. The Morgan fingerprint density at radius 3 is 2.80 bits per heavy atom. The van der Waals surface area contributed by atoms with Gasteiger partial charge >= 0.3 is 0 Å². The minimum Gasteiger partial charge on any atom is -0.377 e. The molecule has 2 aliphatic rings. The van der Waals surface area contributed by atoms with Crippen LogP contribution in [0.3, 0.4) is 0 Å². The lowest BCUT2D eigenvalue weighted by Gasteiger charge is -2.47. The van der Waals surface area contributed by atoms with E-state index >= 15 is 0 Å². The molecular weight excluding hydrogens is 188 g/mol. The van der Waals surface area contributed by atoms with E-state index in [4.69, 9.17) is 10.5 Å². The number of ether oxygens (including phenoxy) is 1. The van der Waals surface area contributed by atoms with E-state index < -0.39 is 0 Å². The zero-order chi connectivity index (χ0) is 10.9. The highest BCUT2D eigenvalue weighted by molar-refractivity contribution is 4.96. The van der Waals surface area contributed by atoms with Crippen molar-refractivity contribution in [1.29, 1.82) is 0 Å². The first kappa shape index (κ1) is 11.4. The molecule has 2 unspecified atom stereocenters. The first-order valence-corrected chi connectivity index (χ1v) is 6.23. The Hall–Kier alpha value is -0.120. The average Bonchev–Trinajstić information content (AvgIpc) is 2.66. The molecule has 2 saturated heterocycles. The van der Waals surface area contributed by atoms with E-state index in [1.165, 1.54) is 25.8 Å². The van der Waals surface area contributed by atoms with Crippen LogP contribution < -0.4 is 5.73 Å². The summed E-state index contributed by atoms with van der Waals surface area (Å²) in [5.74, 6) is 0. The predicted molar refractivity (Wildman–Crippen MR) is 61.8 cm³/mol. The minimum absolute atomic E-state index is 0.143. The highest BCUT2D eigenvalue weighted by atomic mass is 16.5. The van der Waals surface area contributed by atoms with Gasteiger partial charge in [-0.3, -0.25) is 4.90 Å². The van der Waals surface area contributed by atoms with Crippen molar-refractivity contribution in [2.24, 2.45) is 5.73 Å². The van der Waals surface area contributed by atoms with E-state index in [1.807, 2.05) is 0 Å². The SMILES string of the molecule is CC1(C)C(N)CCCN1CC1CCCO1. The Balaban J connectivity index is 1.94. The van der Waals surface area contributed by atoms with E-state index in [2.05, 4.69) is 18.7 Å². The molecule has 2 N–H and O–H groups in total. The number of rotatable bonds is 2. The summed E-state index contributed by atoms with van der Waals surface area (Å²) in [5, 5.41) is 0. The van der Waals surface area contributed by atoms with E-state index in [0.29, 0.717) is 12.1 Å². The second kappa shape index (κ2) is 4.40. The second-order valence-electron chi connectivity index (χ2n) is 5.48. The molecule has 2 heterocycles. The van der Waals surface area contributed by atoms with Gasteiger partial charge in [-0.1, -0.05) is 0 Å². The number of hydrogen-bond donors (Lipinski definition) is 1. The molecule has 2 atom stereocenters. The smallest absolute Gasteiger partial charge is 0.0703 e. The Morgan fingerprint density at radius 2 is 2.13 bits per heavy atom. The fourth-order valence-corrected chi connectivity index (χ4v) is 2.74. The van der Waals surface area contributed by atoms with Crippen LogP contribution in [0.4, 0.5) is 0 Å². The van der Waals surface area contributed by atoms with Crippen LogP contribution in [-0.2, 0) is 4.74 Å². The minimum atomic E-state index is 0.143. The molecule has 2 aliphatic heterocycles. The van der Waals surface area contributed by atoms with Crippen molar-refractivity contribution in [2.75, 3.05) is 19.7 Å². The molecule has 0 saturated carbocycles. The molecule has 0 aromatic heterocycles. The number of hydrogen-bond acceptors (Lipinski definition) is 3. The fourth-order valence-electron chi connectivity index (χ4n) is 2.74. The largest absolute Gasteiger partial charge is 0.377 e. The van der Waals surface area contributed by atoms with Crippen molar-refractivity contribution in [1.82, 2.24) is 4.90 Å². The molecule has 0 spiro atoms. The van der Waals surface area contributed by atoms with E-state index in [0.717, 1.165) is 19.6 Å². The van der Waals surface area contributed by atoms with Crippen LogP contribution >= 0.6 is 0 Å². The molecule has 0 bridgehead atoms. The number of piperidine rings is 1. The van der Waals surface area contributed by atoms with Gasteiger partial charge in [0.25, 0.3) is 0 Å². The molecule has 0 aromatic carbocycles. The van der Waals surface area contributed by atoms with Crippen LogP contribution in [0, 0.1) is 0 Å². The van der Waals surface area contributed by atoms with Crippen molar-refractivity contribution < 1.29 is 4.74 Å². The van der Waals surface area contributed by atoms with Crippen LogP contribution in [-0.4, -0.2) is 42.3 Å². The lowest BCUT2D eigenvalue weighted by molar-refractivity contribution is 0.00303. The topological polar surface area (TPSA) is 38.5 Å². The van der Waals surface area contributed by atoms with Gasteiger partial charge in [0.15, 0.2) is 0 Å². The highest BCUT2D eigenvalue weighted by Crippen LogP contribution is 2.28. The molecule has 0 radical (unpaired) electrons. The molecule has 88 valence electrons. The second-order valence-corrected chi connectivity index (χ2v) is 5.48. The molecule has 0 aromatic rings. The Morgan fingerprint density at radius 1 is 1.33 bits per heavy atom. The average molecular weight is 212 g/mol. The first-order chi connectivity index (χ1) is 7.10. The van der Waals surface area contributed by atoms with Crippen LogP contribution in [0.1, 0.15) is 39.5 Å². The van der Waals surface area contributed by atoms with Gasteiger partial charge in [0.05, 0.1) is 6.10 Å². The zero-order valence-electron chi connectivity index (χ0n) is 10.0. The van der Waals surface area contributed by atoms with Gasteiger partial charge < -0.3 is 10.5 Å². The van der Waals surface area contributed by atoms with Gasteiger partial charge in [0, 0.05) is 24.7 Å². The van der Waals surface area contributed by atoms with Gasteiger partial charge in [0.2, 0.25) is 0 Å². The van der Waals surface area contributed by atoms with Crippen molar-refractivity contribution in [3.8, 4) is 0 Å². The normalized spacial score (nSPS) is 37.0. The van der Waals surface area contributed by atoms with E-state index in [-0.39, 0.29) is 5.54 Å². The summed E-state index contributed by atoms with van der Waals surface area (Å²) < 4.78 is 5.70. The Bertz CT molecular complexity index is 212. The molecule has 2 fully saturated rings. The highest BCUT2D eigenvalue weighted by Gasteiger charge is 2.37. The summed E-state index contributed by atoms with van der Waals surface area (Å²) in [5.41, 5.74) is 6.34. The van der Waals surface area contributed by atoms with Gasteiger partial charge in [0.1, 0.15) is 0 Å². The fraction of sp³-hybridized carbons (Fsp3) is 1.00. The third-order valence-electron chi connectivity index (χ3n) is 4.11. The zero-order valence-corrected chi connectivity index (χ0v) is 10.0. The van der Waals surface area contributed by atoms with Gasteiger partial charge in [-0.05, 0) is 46.1 Å². The summed E-state index contributed by atoms with van der Waals surface area (Å²) >= 11 is 0. The van der Waals surface area contributed by atoms with E-state index in [9.17, 15) is 0 Å². The van der Waals surface area contributed by atoms with Crippen molar-refractivity contribution in [3.05, 3.63) is 0 Å². The summed E-state index contributed by atoms with van der Waals surface area (Å²) in [6, 6.07) is 0.313. The van der Waals surface area contributed by atoms with Crippen LogP contribution in [0.5, 0.6) is 0 Å². The molecule has 15 heavy (non-hydrogen) atoms. The molecule has 3 nitrogen and oxygen atoms in total. The summed E-state index contributed by atoms with van der Waals surface area (Å²) in [4.78, 5) is 2.52. The van der Waals surface area contributed by atoms with Gasteiger partial charge in [-0.25, -0.2) is 0 Å². The quantitative estimate of drug-likeness (QED) is 0.751. The number of nitrogens with zero attached hydrogens (tertiary/aromatic N) is 1. The molecule has 3 heteroatoms. The van der Waals surface area contributed by atoms with Crippen LogP contribution in [0.2, 0.25) is 0 Å². The Labute approximate surface area is 93.0 Å². The maximum Gasteiger partial charge on any atom is 0.0703 e. The maximum atomic E-state index is 6.19. The van der Waals surface area contributed by atoms with Crippen LogP contribution in [0.25, 0.3) is 0 Å². The number of likely N-dealkylation sites (tertiary alicyclic amines) is 1. The summed E-state index contributed by atoms with van der Waals surface area (Å²) in [6.07, 6.45) is 5.30. The molecule has 2 rings (SSSR count). The lowest BCUT2D eigenvalue weighted by atomic mass is 9.85. The standard InChI is InChI=1S/C12H24N2O/c1-12(2)11(13)6-3-7-14(12)9-10-5-4-8-15-10/h10-11H,3-9,13H2,1-2H3. The van der Waals surface area contributed by atoms with Crippen molar-refractivity contribution >= 4 is 0 Å². The monoisotopic (exact) mass is 212 g/mol. The lowest BCUT2D eigenvalue weighted by Crippen LogP contribution is -2.60. The van der Waals surface area contributed by atoms with Gasteiger partial charge in [-0.2, -0.15) is 0 Å². The van der Waals surface area contributed by atoms with Crippen LogP contribution in [0.15, 0.2) is 0 Å². The first-order valence-electron chi connectivity index (χ1n) is 6.23. The molecular formula is C12H24N2O.